The number of hydrogen-bond donors (Lipinski definition) is 1. The number of benzene rings is 3. The Morgan fingerprint density at radius 3 is 1.97 bits per heavy atom. The lowest BCUT2D eigenvalue weighted by molar-refractivity contribution is -0.410. The van der Waals surface area contributed by atoms with Gasteiger partial charge in [-0.1, -0.05) is 30.3 Å². The molecule has 1 saturated carbocycles. The molecule has 0 spiro atoms. The monoisotopic (exact) mass is 539 g/mol. The Bertz CT molecular complexity index is 1450. The molecule has 1 aromatic heterocycles. The van der Waals surface area contributed by atoms with E-state index >= 15 is 0 Å². The molecule has 1 aliphatic carbocycles. The number of carbonyl (C=O) groups excluding carboxylic acids is 1. The fourth-order valence-electron chi connectivity index (χ4n) is 5.24. The maximum Gasteiger partial charge on any atom is 0.430 e. The largest absolute Gasteiger partial charge is 0.452 e. The van der Waals surface area contributed by atoms with E-state index in [4.69, 9.17) is 4.74 Å². The van der Waals surface area contributed by atoms with Crippen molar-refractivity contribution in [2.75, 3.05) is 0 Å². The highest BCUT2D eigenvalue weighted by Crippen LogP contribution is 2.56. The SMILES string of the molecule is O=C(OC1(C(O)(C(F)(F)F)C(F)(F)F)CCCC1)c1ccc2c(c1)c1ccccc1[s+]2-c1ccccc1. The summed E-state index contributed by atoms with van der Waals surface area (Å²) < 4.78 is 89.3. The van der Waals surface area contributed by atoms with Crippen LogP contribution < -0.4 is 0 Å². The zero-order chi connectivity index (χ0) is 26.6. The number of esters is 1. The second-order valence-electron chi connectivity index (χ2n) is 9.12. The normalized spacial score (nSPS) is 16.9. The zero-order valence-corrected chi connectivity index (χ0v) is 20.0. The minimum absolute atomic E-state index is 0.0564. The third-order valence-corrected chi connectivity index (χ3v) is 9.33. The van der Waals surface area contributed by atoms with Gasteiger partial charge in [0, 0.05) is 21.2 Å². The van der Waals surface area contributed by atoms with Crippen LogP contribution in [0.3, 0.4) is 0 Å². The maximum absolute atomic E-state index is 13.7. The predicted molar refractivity (Wildman–Crippen MR) is 129 cm³/mol. The summed E-state index contributed by atoms with van der Waals surface area (Å²) in [6, 6.07) is 21.6. The molecule has 0 saturated heterocycles. The van der Waals surface area contributed by atoms with E-state index in [1.54, 1.807) is 6.07 Å². The van der Waals surface area contributed by atoms with Crippen LogP contribution in [0.2, 0.25) is 0 Å². The van der Waals surface area contributed by atoms with Gasteiger partial charge in [0.25, 0.3) is 5.60 Å². The van der Waals surface area contributed by atoms with Crippen LogP contribution in [0.4, 0.5) is 26.3 Å². The number of hydrogen-bond acceptors (Lipinski definition) is 3. The Kier molecular flexibility index (Phi) is 6.03. The molecule has 37 heavy (non-hydrogen) atoms. The molecule has 5 rings (SSSR count). The molecule has 3 nitrogen and oxygen atoms in total. The lowest BCUT2D eigenvalue weighted by Crippen LogP contribution is -2.71. The average Bonchev–Trinajstić information content (AvgIpc) is 3.45. The highest BCUT2D eigenvalue weighted by Gasteiger charge is 2.81. The third kappa shape index (κ3) is 3.88. The van der Waals surface area contributed by atoms with Gasteiger partial charge in [-0.15, -0.1) is 0 Å². The van der Waals surface area contributed by atoms with Gasteiger partial charge >= 0.3 is 18.3 Å². The van der Waals surface area contributed by atoms with Gasteiger partial charge in [0.1, 0.15) is 0 Å². The number of ether oxygens (including phenoxy) is 1. The van der Waals surface area contributed by atoms with Crippen molar-refractivity contribution >= 4 is 36.6 Å². The quantitative estimate of drug-likeness (QED) is 0.162. The first-order valence-corrected chi connectivity index (χ1v) is 12.7. The van der Waals surface area contributed by atoms with Gasteiger partial charge in [0.2, 0.25) is 0 Å². The van der Waals surface area contributed by atoms with Crippen molar-refractivity contribution in [3.63, 3.8) is 0 Å². The summed E-state index contributed by atoms with van der Waals surface area (Å²) in [5.41, 5.74) is -8.56. The van der Waals surface area contributed by atoms with E-state index in [2.05, 4.69) is 0 Å². The summed E-state index contributed by atoms with van der Waals surface area (Å²) in [6.07, 6.45) is -13.8. The minimum Gasteiger partial charge on any atom is -0.452 e. The number of aliphatic hydroxyl groups is 1. The number of alkyl halides is 6. The Hall–Kier alpha value is -3.11. The fourth-order valence-corrected chi connectivity index (χ4v) is 7.62. The van der Waals surface area contributed by atoms with Crippen molar-refractivity contribution in [1.82, 2.24) is 0 Å². The molecule has 0 bridgehead atoms. The van der Waals surface area contributed by atoms with Crippen LogP contribution in [0.25, 0.3) is 25.1 Å². The maximum atomic E-state index is 13.7. The molecule has 194 valence electrons. The molecule has 4 aromatic rings. The van der Waals surface area contributed by atoms with E-state index in [1.807, 2.05) is 54.6 Å². The summed E-state index contributed by atoms with van der Waals surface area (Å²) in [4.78, 5) is 14.1. The molecular formula is C27H21F6O3S+. The summed E-state index contributed by atoms with van der Waals surface area (Å²) >= 11 is 0. The number of carbonyl (C=O) groups is 1. The number of fused-ring (bicyclic) bond motifs is 3. The summed E-state index contributed by atoms with van der Waals surface area (Å²) in [6.45, 7) is 0. The Balaban J connectivity index is 1.61. The van der Waals surface area contributed by atoms with Gasteiger partial charge in [0.05, 0.1) is 5.56 Å². The van der Waals surface area contributed by atoms with Crippen LogP contribution in [0.15, 0.2) is 72.8 Å². The van der Waals surface area contributed by atoms with Crippen molar-refractivity contribution in [1.29, 1.82) is 0 Å². The van der Waals surface area contributed by atoms with Crippen LogP contribution in [0.1, 0.15) is 36.0 Å². The molecule has 1 atom stereocenters. The third-order valence-electron chi connectivity index (χ3n) is 6.99. The van der Waals surface area contributed by atoms with E-state index < -0.39 is 52.8 Å². The Morgan fingerprint density at radius 2 is 1.35 bits per heavy atom. The zero-order valence-electron chi connectivity index (χ0n) is 19.2. The smallest absolute Gasteiger partial charge is 0.430 e. The second-order valence-corrected chi connectivity index (χ2v) is 11.1. The molecule has 10 heteroatoms. The van der Waals surface area contributed by atoms with Crippen LogP contribution in [-0.4, -0.2) is 34.6 Å². The van der Waals surface area contributed by atoms with E-state index in [0.717, 1.165) is 19.7 Å². The van der Waals surface area contributed by atoms with Crippen LogP contribution >= 0.6 is 10.5 Å². The first-order valence-electron chi connectivity index (χ1n) is 11.5. The first kappa shape index (κ1) is 25.5. The average molecular weight is 540 g/mol. The van der Waals surface area contributed by atoms with Crippen molar-refractivity contribution < 1.29 is 41.0 Å². The highest BCUT2D eigenvalue weighted by atomic mass is 32.2. The predicted octanol–water partition coefficient (Wildman–Crippen LogP) is 8.06. The number of rotatable bonds is 4. The first-order chi connectivity index (χ1) is 17.4. The fraction of sp³-hybridized carbons (Fsp3) is 0.296. The van der Waals surface area contributed by atoms with Gasteiger partial charge in [-0.25, -0.2) is 4.79 Å². The van der Waals surface area contributed by atoms with Crippen molar-refractivity contribution in [2.24, 2.45) is 0 Å². The van der Waals surface area contributed by atoms with Crippen LogP contribution in [-0.2, 0) is 4.74 Å². The minimum atomic E-state index is -6.10. The van der Waals surface area contributed by atoms with Crippen LogP contribution in [0, 0.1) is 0 Å². The topological polar surface area (TPSA) is 46.5 Å². The molecule has 1 unspecified atom stereocenters. The van der Waals surface area contributed by atoms with E-state index in [9.17, 15) is 36.2 Å². The van der Waals surface area contributed by atoms with E-state index in [1.165, 1.54) is 12.1 Å². The van der Waals surface area contributed by atoms with Gasteiger partial charge in [-0.05, 0) is 68.1 Å². The molecule has 1 heterocycles. The van der Waals surface area contributed by atoms with Gasteiger partial charge in [-0.3, -0.25) is 0 Å². The van der Waals surface area contributed by atoms with Gasteiger partial charge in [-0.2, -0.15) is 26.3 Å². The second kappa shape index (κ2) is 8.73. The molecule has 1 fully saturated rings. The molecule has 0 aliphatic heterocycles. The Morgan fingerprint density at radius 1 is 0.784 bits per heavy atom. The molecular weight excluding hydrogens is 518 g/mol. The van der Waals surface area contributed by atoms with Gasteiger partial charge < -0.3 is 9.84 Å². The molecule has 1 aliphatic rings. The Labute approximate surface area is 210 Å². The number of halogens is 6. The lowest BCUT2D eigenvalue weighted by Gasteiger charge is -2.45. The molecule has 1 N–H and O–H groups in total. The summed E-state index contributed by atoms with van der Waals surface area (Å²) in [7, 11) is -0.502. The van der Waals surface area contributed by atoms with Crippen molar-refractivity contribution in [3.8, 4) is 4.90 Å². The van der Waals surface area contributed by atoms with Crippen molar-refractivity contribution in [3.05, 3.63) is 78.4 Å². The van der Waals surface area contributed by atoms with Gasteiger partial charge in [0.15, 0.2) is 19.9 Å². The van der Waals surface area contributed by atoms with Crippen LogP contribution in [0.5, 0.6) is 0 Å². The van der Waals surface area contributed by atoms with Crippen molar-refractivity contribution in [2.45, 2.75) is 49.2 Å². The number of thiophene rings is 1. The summed E-state index contributed by atoms with van der Waals surface area (Å²) in [5.74, 6) is -1.35. The summed E-state index contributed by atoms with van der Waals surface area (Å²) in [5, 5.41) is 11.6. The van der Waals surface area contributed by atoms with E-state index in [-0.39, 0.29) is 18.4 Å². The molecule has 0 radical (unpaired) electrons. The van der Waals surface area contributed by atoms with E-state index in [0.29, 0.717) is 5.39 Å². The standard InChI is InChI=1S/C27H21F6O3S/c28-26(29,30)25(35,27(31,32)33)24(14-6-7-15-24)36-23(34)17-12-13-22-20(16-17)19-10-4-5-11-21(19)37(22)18-8-2-1-3-9-18/h1-5,8-13,16,35H,6-7,14-15H2/q+1. The molecule has 0 amide bonds. The molecule has 3 aromatic carbocycles. The highest BCUT2D eigenvalue weighted by molar-refractivity contribution is 7.50. The lowest BCUT2D eigenvalue weighted by atomic mass is 9.79.